The normalized spacial score (nSPS) is 31.2. The van der Waals surface area contributed by atoms with Gasteiger partial charge in [-0.15, -0.1) is 11.8 Å². The number of nitrogens with zero attached hydrogens (tertiary/aromatic N) is 4. The van der Waals surface area contributed by atoms with Gasteiger partial charge in [0.25, 0.3) is 0 Å². The molecule has 9 heteroatoms. The zero-order valence-corrected chi connectivity index (χ0v) is 11.5. The average molecular weight is 302 g/mol. The monoisotopic (exact) mass is 301 g/mol. The van der Waals surface area contributed by atoms with Gasteiger partial charge < -0.3 is 15.9 Å². The summed E-state index contributed by atoms with van der Waals surface area (Å²) in [5.41, 5.74) is 6.62. The molecule has 0 bridgehead atoms. The predicted molar refractivity (Wildman–Crippen MR) is 72.8 cm³/mol. The van der Waals surface area contributed by atoms with Crippen molar-refractivity contribution in [2.75, 3.05) is 5.73 Å². The van der Waals surface area contributed by atoms with Crippen LogP contribution in [0.15, 0.2) is 6.33 Å². The lowest BCUT2D eigenvalue weighted by Gasteiger charge is -2.17. The van der Waals surface area contributed by atoms with Gasteiger partial charge in [-0.2, -0.15) is 9.97 Å². The molecule has 2 aromatic rings. The van der Waals surface area contributed by atoms with E-state index in [1.54, 1.807) is 4.57 Å². The molecule has 1 fully saturated rings. The van der Waals surface area contributed by atoms with Crippen LogP contribution in [-0.4, -0.2) is 47.2 Å². The van der Waals surface area contributed by atoms with Gasteiger partial charge >= 0.3 is 0 Å². The van der Waals surface area contributed by atoms with Gasteiger partial charge in [-0.1, -0.05) is 6.92 Å². The molecule has 19 heavy (non-hydrogen) atoms. The lowest BCUT2D eigenvalue weighted by molar-refractivity contribution is 0.0206. The van der Waals surface area contributed by atoms with Crippen LogP contribution in [0.2, 0.25) is 5.28 Å². The van der Waals surface area contributed by atoms with Crippen molar-refractivity contribution in [3.8, 4) is 0 Å². The molecule has 0 spiro atoms. The summed E-state index contributed by atoms with van der Waals surface area (Å²) in [5, 5.41) is 19.5. The molecule has 0 saturated carbocycles. The number of nitrogens with two attached hydrogens (primary N) is 1. The highest BCUT2D eigenvalue weighted by Crippen LogP contribution is 2.42. The highest BCUT2D eigenvalue weighted by Gasteiger charge is 2.41. The van der Waals surface area contributed by atoms with E-state index in [4.69, 9.17) is 17.3 Å². The first-order valence-corrected chi connectivity index (χ1v) is 6.98. The third-order valence-electron chi connectivity index (χ3n) is 3.17. The van der Waals surface area contributed by atoms with Crippen molar-refractivity contribution in [1.82, 2.24) is 19.5 Å². The van der Waals surface area contributed by atoms with E-state index in [1.807, 2.05) is 6.92 Å². The van der Waals surface area contributed by atoms with E-state index < -0.39 is 12.2 Å². The van der Waals surface area contributed by atoms with Gasteiger partial charge in [0, 0.05) is 5.25 Å². The molecule has 1 saturated heterocycles. The number of anilines is 1. The fraction of sp³-hybridized carbons (Fsp3) is 0.500. The van der Waals surface area contributed by atoms with Crippen molar-refractivity contribution in [2.45, 2.75) is 29.8 Å². The summed E-state index contributed by atoms with van der Waals surface area (Å²) < 4.78 is 1.67. The molecule has 7 nitrogen and oxygen atoms in total. The van der Waals surface area contributed by atoms with Crippen LogP contribution in [0.4, 0.5) is 5.82 Å². The summed E-state index contributed by atoms with van der Waals surface area (Å²) in [5.74, 6) is 0.194. The average Bonchev–Trinajstić information content (AvgIpc) is 2.86. The number of rotatable bonds is 1. The number of aliphatic hydroxyl groups excluding tert-OH is 2. The van der Waals surface area contributed by atoms with Gasteiger partial charge in [-0.25, -0.2) is 4.98 Å². The maximum Gasteiger partial charge on any atom is 0.226 e. The molecule has 0 aromatic carbocycles. The Morgan fingerprint density at radius 3 is 2.74 bits per heavy atom. The Hall–Kier alpha value is -1.09. The number of nitrogen functional groups attached to an aromatic ring is 1. The molecule has 4 N–H and O–H groups in total. The minimum absolute atomic E-state index is 0.0258. The quantitative estimate of drug-likeness (QED) is 0.655. The molecule has 4 atom stereocenters. The summed E-state index contributed by atoms with van der Waals surface area (Å²) in [6.07, 6.45) is -0.160. The van der Waals surface area contributed by atoms with Crippen LogP contribution in [-0.2, 0) is 0 Å². The van der Waals surface area contributed by atoms with Crippen LogP contribution in [0.1, 0.15) is 12.3 Å². The number of thioether (sulfide) groups is 1. The second kappa shape index (κ2) is 4.48. The summed E-state index contributed by atoms with van der Waals surface area (Å²) >= 11 is 7.24. The Kier molecular flexibility index (Phi) is 3.05. The summed E-state index contributed by atoms with van der Waals surface area (Å²) in [6.45, 7) is 1.86. The number of hydrogen-bond acceptors (Lipinski definition) is 7. The van der Waals surface area contributed by atoms with Gasteiger partial charge in [0.2, 0.25) is 5.28 Å². The van der Waals surface area contributed by atoms with E-state index in [-0.39, 0.29) is 21.7 Å². The van der Waals surface area contributed by atoms with Crippen molar-refractivity contribution in [3.05, 3.63) is 11.6 Å². The van der Waals surface area contributed by atoms with Crippen molar-refractivity contribution in [1.29, 1.82) is 0 Å². The second-order valence-corrected chi connectivity index (χ2v) is 6.25. The van der Waals surface area contributed by atoms with E-state index in [0.29, 0.717) is 11.2 Å². The Morgan fingerprint density at radius 1 is 1.37 bits per heavy atom. The molecule has 0 aliphatic carbocycles. The molecule has 3 rings (SSSR count). The topological polar surface area (TPSA) is 110 Å². The first-order chi connectivity index (χ1) is 8.99. The molecule has 0 amide bonds. The van der Waals surface area contributed by atoms with Crippen LogP contribution in [0.5, 0.6) is 0 Å². The molecular formula is C10H12ClN5O2S. The molecule has 2 aromatic heterocycles. The minimum Gasteiger partial charge on any atom is -0.389 e. The number of aliphatic hydroxyl groups is 2. The lowest BCUT2D eigenvalue weighted by atomic mass is 10.1. The zero-order chi connectivity index (χ0) is 13.7. The third kappa shape index (κ3) is 1.95. The van der Waals surface area contributed by atoms with E-state index >= 15 is 0 Å². The number of halogens is 1. The van der Waals surface area contributed by atoms with Gasteiger partial charge in [-0.05, 0) is 11.6 Å². The van der Waals surface area contributed by atoms with Crippen molar-refractivity contribution in [3.63, 3.8) is 0 Å². The number of aromatic nitrogens is 4. The van der Waals surface area contributed by atoms with Crippen LogP contribution in [0.3, 0.4) is 0 Å². The fourth-order valence-electron chi connectivity index (χ4n) is 2.15. The van der Waals surface area contributed by atoms with E-state index in [1.165, 1.54) is 18.1 Å². The maximum atomic E-state index is 10.1. The standard InChI is InChI=1S/C10H12ClN5O2S/c1-3-5(17)6(18)9(19-3)16-2-13-4-7(12)14-10(11)15-8(4)16/h2-3,5-6,9,17-18H,1H3,(H2,12,14,15)/t3-,5+,6+,9-/m0/s1. The lowest BCUT2D eigenvalue weighted by Crippen LogP contribution is -2.30. The number of fused-ring (bicyclic) bond motifs is 1. The SMILES string of the molecule is C[C@@H]1S[C@H](n2cnc3c(N)nc(Cl)nc32)[C@H](O)[C@@H]1O. The second-order valence-electron chi connectivity index (χ2n) is 4.41. The number of hydrogen-bond donors (Lipinski definition) is 3. The Morgan fingerprint density at radius 2 is 2.11 bits per heavy atom. The van der Waals surface area contributed by atoms with Gasteiger partial charge in [0.05, 0.1) is 12.4 Å². The van der Waals surface area contributed by atoms with Crippen LogP contribution >= 0.6 is 23.4 Å². The van der Waals surface area contributed by atoms with Crippen molar-refractivity contribution >= 4 is 40.3 Å². The van der Waals surface area contributed by atoms with Crippen LogP contribution in [0.25, 0.3) is 11.2 Å². The fourth-order valence-corrected chi connectivity index (χ4v) is 3.69. The summed E-state index contributed by atoms with van der Waals surface area (Å²) in [6, 6.07) is 0. The Labute approximate surface area is 117 Å². The third-order valence-corrected chi connectivity index (χ3v) is 4.83. The van der Waals surface area contributed by atoms with E-state index in [0.717, 1.165) is 0 Å². The largest absolute Gasteiger partial charge is 0.389 e. The smallest absolute Gasteiger partial charge is 0.226 e. The number of imidazole rings is 1. The first kappa shape index (κ1) is 12.9. The van der Waals surface area contributed by atoms with Gasteiger partial charge in [0.15, 0.2) is 11.5 Å². The summed E-state index contributed by atoms with van der Waals surface area (Å²) in [4.78, 5) is 12.1. The molecule has 0 radical (unpaired) electrons. The highest BCUT2D eigenvalue weighted by atomic mass is 35.5. The predicted octanol–water partition coefficient (Wildman–Crippen LogP) is 0.418. The van der Waals surface area contributed by atoms with E-state index in [2.05, 4.69) is 15.0 Å². The Balaban J connectivity index is 2.11. The molecule has 1 aliphatic rings. The van der Waals surface area contributed by atoms with Crippen LogP contribution in [0, 0.1) is 0 Å². The van der Waals surface area contributed by atoms with Gasteiger partial charge in [-0.3, -0.25) is 4.57 Å². The van der Waals surface area contributed by atoms with Gasteiger partial charge in [0.1, 0.15) is 17.0 Å². The first-order valence-electron chi connectivity index (χ1n) is 5.66. The zero-order valence-electron chi connectivity index (χ0n) is 9.93. The molecule has 0 unspecified atom stereocenters. The maximum absolute atomic E-state index is 10.1. The molecule has 1 aliphatic heterocycles. The Bertz CT molecular complexity index is 636. The van der Waals surface area contributed by atoms with Crippen molar-refractivity contribution < 1.29 is 10.2 Å². The van der Waals surface area contributed by atoms with Crippen LogP contribution < -0.4 is 5.73 Å². The minimum atomic E-state index is -0.896. The van der Waals surface area contributed by atoms with E-state index in [9.17, 15) is 10.2 Å². The highest BCUT2D eigenvalue weighted by molar-refractivity contribution is 8.00. The summed E-state index contributed by atoms with van der Waals surface area (Å²) in [7, 11) is 0. The molecule has 3 heterocycles. The van der Waals surface area contributed by atoms with Crippen molar-refractivity contribution in [2.24, 2.45) is 0 Å². The molecular weight excluding hydrogens is 290 g/mol. The molecule has 102 valence electrons.